The van der Waals surface area contributed by atoms with Gasteiger partial charge in [-0.25, -0.2) is 0 Å². The number of nitro groups is 1. The summed E-state index contributed by atoms with van der Waals surface area (Å²) in [6, 6.07) is 4.26. The van der Waals surface area contributed by atoms with Gasteiger partial charge in [0.25, 0.3) is 5.69 Å². The monoisotopic (exact) mass is 238 g/mol. The highest BCUT2D eigenvalue weighted by atomic mass is 16.6. The maximum absolute atomic E-state index is 10.5. The Bertz CT molecular complexity index is 389. The Morgan fingerprint density at radius 2 is 2.00 bits per heavy atom. The van der Waals surface area contributed by atoms with Crippen molar-refractivity contribution < 1.29 is 10.0 Å². The third-order valence-corrected chi connectivity index (χ3v) is 2.87. The summed E-state index contributed by atoms with van der Waals surface area (Å²) in [6.45, 7) is 6.94. The van der Waals surface area contributed by atoms with Crippen LogP contribution in [0.1, 0.15) is 19.4 Å². The van der Waals surface area contributed by atoms with E-state index in [1.54, 1.807) is 6.07 Å². The Kier molecular flexibility index (Phi) is 4.90. The van der Waals surface area contributed by atoms with Gasteiger partial charge in [0.2, 0.25) is 0 Å². The predicted molar refractivity (Wildman–Crippen MR) is 66.3 cm³/mol. The summed E-state index contributed by atoms with van der Waals surface area (Å²) in [5, 5.41) is 20.2. The molecule has 0 radical (unpaired) electrons. The van der Waals surface area contributed by atoms with Gasteiger partial charge in [0.15, 0.2) is 0 Å². The molecule has 1 aromatic carbocycles. The lowest BCUT2D eigenvalue weighted by Gasteiger charge is -2.17. The Hall–Kier alpha value is -1.62. The maximum atomic E-state index is 10.5. The average molecular weight is 238 g/mol. The minimum atomic E-state index is -0.506. The molecule has 1 N–H and O–H groups in total. The van der Waals surface area contributed by atoms with Gasteiger partial charge >= 0.3 is 0 Å². The smallest absolute Gasteiger partial charge is 0.273 e. The van der Waals surface area contributed by atoms with E-state index >= 15 is 0 Å². The number of hydrogen-bond acceptors (Lipinski definition) is 4. The number of phenolic OH excluding ortho intramolecular Hbond substituents is 1. The number of likely N-dealkylation sites (N-methyl/N-ethyl adjacent to an activating group) is 1. The summed E-state index contributed by atoms with van der Waals surface area (Å²) in [5.41, 5.74) is 0.677. The van der Waals surface area contributed by atoms with Crippen molar-refractivity contribution in [3.63, 3.8) is 0 Å². The normalized spacial score (nSPS) is 10.8. The fourth-order valence-corrected chi connectivity index (χ4v) is 1.70. The van der Waals surface area contributed by atoms with Gasteiger partial charge in [-0.1, -0.05) is 13.8 Å². The minimum Gasteiger partial charge on any atom is -0.507 e. The summed E-state index contributed by atoms with van der Waals surface area (Å²) in [4.78, 5) is 12.2. The molecule has 0 bridgehead atoms. The van der Waals surface area contributed by atoms with E-state index in [1.165, 1.54) is 12.1 Å². The molecule has 0 aliphatic rings. The molecular formula is C12H18N2O3. The molecule has 0 atom stereocenters. The molecule has 17 heavy (non-hydrogen) atoms. The lowest BCUT2D eigenvalue weighted by atomic mass is 10.1. The number of benzene rings is 1. The molecule has 0 aliphatic carbocycles. The number of phenols is 1. The van der Waals surface area contributed by atoms with Gasteiger partial charge in [-0.2, -0.15) is 0 Å². The van der Waals surface area contributed by atoms with E-state index in [-0.39, 0.29) is 11.4 Å². The predicted octanol–water partition coefficient (Wildman–Crippen LogP) is 2.18. The molecule has 5 nitrogen and oxygen atoms in total. The summed E-state index contributed by atoms with van der Waals surface area (Å²) in [7, 11) is 0. The second kappa shape index (κ2) is 6.20. The highest BCUT2D eigenvalue weighted by molar-refractivity contribution is 5.43. The second-order valence-electron chi connectivity index (χ2n) is 3.85. The zero-order valence-electron chi connectivity index (χ0n) is 10.2. The minimum absolute atomic E-state index is 0.00589. The van der Waals surface area contributed by atoms with Crippen LogP contribution in [-0.4, -0.2) is 34.6 Å². The first-order chi connectivity index (χ1) is 8.08. The van der Waals surface area contributed by atoms with Crippen LogP contribution in [0.3, 0.4) is 0 Å². The molecule has 0 aromatic heterocycles. The van der Waals surface area contributed by atoms with Gasteiger partial charge in [-0.05, 0) is 31.1 Å². The van der Waals surface area contributed by atoms with E-state index in [4.69, 9.17) is 0 Å². The number of non-ortho nitro benzene ring substituents is 1. The first-order valence-corrected chi connectivity index (χ1v) is 5.77. The molecule has 0 aliphatic heterocycles. The van der Waals surface area contributed by atoms with Crippen molar-refractivity contribution in [1.29, 1.82) is 0 Å². The third-order valence-electron chi connectivity index (χ3n) is 2.87. The van der Waals surface area contributed by atoms with Gasteiger partial charge in [0, 0.05) is 12.6 Å². The van der Waals surface area contributed by atoms with E-state index < -0.39 is 4.92 Å². The molecule has 0 spiro atoms. The van der Waals surface area contributed by atoms with Crippen LogP contribution in [0.5, 0.6) is 5.75 Å². The summed E-state index contributed by atoms with van der Waals surface area (Å²) in [6.07, 6.45) is 0.700. The largest absolute Gasteiger partial charge is 0.507 e. The molecule has 0 saturated heterocycles. The molecule has 0 amide bonds. The zero-order chi connectivity index (χ0) is 12.8. The van der Waals surface area contributed by atoms with Crippen molar-refractivity contribution in [1.82, 2.24) is 4.90 Å². The van der Waals surface area contributed by atoms with Gasteiger partial charge in [-0.3, -0.25) is 10.1 Å². The van der Waals surface area contributed by atoms with Crippen LogP contribution >= 0.6 is 0 Å². The molecule has 94 valence electrons. The van der Waals surface area contributed by atoms with Gasteiger partial charge < -0.3 is 10.0 Å². The molecular weight excluding hydrogens is 220 g/mol. The maximum Gasteiger partial charge on any atom is 0.273 e. The Balaban J connectivity index is 2.69. The zero-order valence-corrected chi connectivity index (χ0v) is 10.2. The van der Waals surface area contributed by atoms with E-state index in [9.17, 15) is 15.2 Å². The van der Waals surface area contributed by atoms with E-state index in [2.05, 4.69) is 18.7 Å². The van der Waals surface area contributed by atoms with Crippen molar-refractivity contribution in [2.24, 2.45) is 0 Å². The fraction of sp³-hybridized carbons (Fsp3) is 0.500. The van der Waals surface area contributed by atoms with Crippen LogP contribution in [0.2, 0.25) is 0 Å². The molecule has 0 unspecified atom stereocenters. The molecule has 0 saturated carbocycles. The standard InChI is InChI=1S/C12H18N2O3/c1-3-13(4-2)8-7-10-5-6-11(14(16)17)9-12(10)15/h5-6,9,15H,3-4,7-8H2,1-2H3. The Morgan fingerprint density at radius 1 is 1.35 bits per heavy atom. The average Bonchev–Trinajstić information content (AvgIpc) is 2.31. The third kappa shape index (κ3) is 3.71. The Morgan fingerprint density at radius 3 is 2.47 bits per heavy atom. The van der Waals surface area contributed by atoms with Crippen LogP contribution in [0.15, 0.2) is 18.2 Å². The first-order valence-electron chi connectivity index (χ1n) is 5.77. The fourth-order valence-electron chi connectivity index (χ4n) is 1.70. The lowest BCUT2D eigenvalue weighted by molar-refractivity contribution is -0.384. The van der Waals surface area contributed by atoms with Crippen LogP contribution in [0.4, 0.5) is 5.69 Å². The van der Waals surface area contributed by atoms with Crippen LogP contribution in [0.25, 0.3) is 0 Å². The molecule has 0 fully saturated rings. The molecule has 0 heterocycles. The van der Waals surface area contributed by atoms with Crippen molar-refractivity contribution in [3.05, 3.63) is 33.9 Å². The summed E-state index contributed by atoms with van der Waals surface area (Å²) < 4.78 is 0. The van der Waals surface area contributed by atoms with Crippen molar-refractivity contribution in [2.75, 3.05) is 19.6 Å². The number of rotatable bonds is 6. The number of nitro benzene ring substituents is 1. The topological polar surface area (TPSA) is 66.6 Å². The quantitative estimate of drug-likeness (QED) is 0.609. The SMILES string of the molecule is CCN(CC)CCc1ccc([N+](=O)[O-])cc1O. The Labute approximate surface area is 101 Å². The van der Waals surface area contributed by atoms with Crippen molar-refractivity contribution in [3.8, 4) is 5.75 Å². The molecule has 5 heteroatoms. The highest BCUT2D eigenvalue weighted by Gasteiger charge is 2.10. The molecule has 1 aromatic rings. The van der Waals surface area contributed by atoms with E-state index in [0.29, 0.717) is 6.42 Å². The lowest BCUT2D eigenvalue weighted by Crippen LogP contribution is -2.25. The van der Waals surface area contributed by atoms with E-state index in [0.717, 1.165) is 25.2 Å². The second-order valence-corrected chi connectivity index (χ2v) is 3.85. The summed E-state index contributed by atoms with van der Waals surface area (Å²) >= 11 is 0. The van der Waals surface area contributed by atoms with Gasteiger partial charge in [-0.15, -0.1) is 0 Å². The van der Waals surface area contributed by atoms with Crippen LogP contribution in [-0.2, 0) is 6.42 Å². The van der Waals surface area contributed by atoms with E-state index in [1.807, 2.05) is 0 Å². The number of hydrogen-bond donors (Lipinski definition) is 1. The number of aromatic hydroxyl groups is 1. The highest BCUT2D eigenvalue weighted by Crippen LogP contribution is 2.23. The van der Waals surface area contributed by atoms with Crippen molar-refractivity contribution in [2.45, 2.75) is 20.3 Å². The van der Waals surface area contributed by atoms with Gasteiger partial charge in [0.05, 0.1) is 11.0 Å². The summed E-state index contributed by atoms with van der Waals surface area (Å²) in [5.74, 6) is 0.00589. The number of nitrogens with zero attached hydrogens (tertiary/aromatic N) is 2. The van der Waals surface area contributed by atoms with Crippen LogP contribution < -0.4 is 0 Å². The van der Waals surface area contributed by atoms with Crippen LogP contribution in [0, 0.1) is 10.1 Å². The first kappa shape index (κ1) is 13.4. The van der Waals surface area contributed by atoms with Gasteiger partial charge in [0.1, 0.15) is 5.75 Å². The van der Waals surface area contributed by atoms with Crippen molar-refractivity contribution >= 4 is 5.69 Å². The molecule has 1 rings (SSSR count).